The van der Waals surface area contributed by atoms with Crippen LogP contribution in [0.1, 0.15) is 25.2 Å². The molecule has 20 heavy (non-hydrogen) atoms. The summed E-state index contributed by atoms with van der Waals surface area (Å²) in [6.07, 6.45) is 1.52. The number of nitrogens with zero attached hydrogens (tertiary/aromatic N) is 3. The van der Waals surface area contributed by atoms with Crippen molar-refractivity contribution in [3.63, 3.8) is 0 Å². The molecule has 6 heteroatoms. The lowest BCUT2D eigenvalue weighted by Crippen LogP contribution is -2.21. The second-order valence-corrected chi connectivity index (χ2v) is 5.74. The van der Waals surface area contributed by atoms with Gasteiger partial charge in [-0.1, -0.05) is 19.9 Å². The monoisotopic (exact) mass is 338 g/mol. The topological polar surface area (TPSA) is 52.0 Å². The Bertz CT molecular complexity index is 568. The third-order valence-electron chi connectivity index (χ3n) is 2.87. The van der Waals surface area contributed by atoms with Gasteiger partial charge in [-0.25, -0.2) is 4.98 Å². The molecule has 2 rings (SSSR count). The number of rotatable bonds is 6. The van der Waals surface area contributed by atoms with E-state index in [0.717, 1.165) is 22.6 Å². The third kappa shape index (κ3) is 4.05. The van der Waals surface area contributed by atoms with Gasteiger partial charge in [0, 0.05) is 19.6 Å². The second-order valence-electron chi connectivity index (χ2n) is 4.89. The molecule has 2 aromatic rings. The van der Waals surface area contributed by atoms with Crippen LogP contribution in [-0.4, -0.2) is 20.8 Å². The maximum absolute atomic E-state index is 5.75. The summed E-state index contributed by atoms with van der Waals surface area (Å²) in [6.45, 7) is 5.51. The van der Waals surface area contributed by atoms with Crippen LogP contribution >= 0.6 is 15.9 Å². The first-order valence-electron chi connectivity index (χ1n) is 6.53. The number of aryl methyl sites for hydroxylation is 1. The van der Waals surface area contributed by atoms with Crippen molar-refractivity contribution < 1.29 is 4.74 Å². The Balaban J connectivity index is 1.97. The Morgan fingerprint density at radius 3 is 2.80 bits per heavy atom. The van der Waals surface area contributed by atoms with Gasteiger partial charge in [-0.2, -0.15) is 5.10 Å². The molecule has 5 nitrogen and oxygen atoms in total. The molecule has 1 aromatic carbocycles. The second kappa shape index (κ2) is 6.85. The van der Waals surface area contributed by atoms with Gasteiger partial charge in [-0.3, -0.25) is 4.68 Å². The maximum atomic E-state index is 5.75. The Kier molecular flexibility index (Phi) is 5.14. The highest BCUT2D eigenvalue weighted by atomic mass is 79.9. The van der Waals surface area contributed by atoms with Crippen LogP contribution in [0.3, 0.4) is 0 Å². The summed E-state index contributed by atoms with van der Waals surface area (Å²) in [5.74, 6) is 1.60. The van der Waals surface area contributed by atoms with Gasteiger partial charge in [0.1, 0.15) is 18.7 Å². The Hall–Kier alpha value is -1.40. The minimum absolute atomic E-state index is 0.401. The fourth-order valence-corrected chi connectivity index (χ4v) is 2.23. The number of ether oxygens (including phenoxy) is 1. The van der Waals surface area contributed by atoms with Gasteiger partial charge in [0.25, 0.3) is 0 Å². The molecule has 108 valence electrons. The van der Waals surface area contributed by atoms with Crippen LogP contribution in [0.2, 0.25) is 0 Å². The van der Waals surface area contributed by atoms with E-state index in [9.17, 15) is 0 Å². The normalized spacial score (nSPS) is 11.1. The van der Waals surface area contributed by atoms with Crippen molar-refractivity contribution in [3.05, 3.63) is 40.4 Å². The van der Waals surface area contributed by atoms with Crippen LogP contribution in [0.5, 0.6) is 5.75 Å². The third-order valence-corrected chi connectivity index (χ3v) is 3.49. The van der Waals surface area contributed by atoms with E-state index in [0.29, 0.717) is 12.6 Å². The first-order chi connectivity index (χ1) is 9.56. The quantitative estimate of drug-likeness (QED) is 0.879. The smallest absolute Gasteiger partial charge is 0.164 e. The lowest BCUT2D eigenvalue weighted by molar-refractivity contribution is 0.288. The largest absolute Gasteiger partial charge is 0.484 e. The highest BCUT2D eigenvalue weighted by Crippen LogP contribution is 2.26. The highest BCUT2D eigenvalue weighted by Gasteiger charge is 2.06. The van der Waals surface area contributed by atoms with E-state index in [-0.39, 0.29) is 0 Å². The lowest BCUT2D eigenvalue weighted by atomic mass is 10.2. The van der Waals surface area contributed by atoms with E-state index < -0.39 is 0 Å². The Morgan fingerprint density at radius 2 is 2.20 bits per heavy atom. The fraction of sp³-hybridized carbons (Fsp3) is 0.429. The number of hydrogen-bond donors (Lipinski definition) is 1. The molecule has 0 fully saturated rings. The Morgan fingerprint density at radius 1 is 1.40 bits per heavy atom. The molecular formula is C14H19BrN4O. The zero-order valence-electron chi connectivity index (χ0n) is 11.9. The van der Waals surface area contributed by atoms with Gasteiger partial charge in [0.2, 0.25) is 0 Å². The molecule has 0 aliphatic rings. The lowest BCUT2D eigenvalue weighted by Gasteiger charge is -2.11. The van der Waals surface area contributed by atoms with E-state index in [2.05, 4.69) is 57.3 Å². The van der Waals surface area contributed by atoms with Gasteiger partial charge in [-0.05, 0) is 33.6 Å². The van der Waals surface area contributed by atoms with E-state index in [1.807, 2.05) is 13.1 Å². The van der Waals surface area contributed by atoms with Gasteiger partial charge in [0.05, 0.1) is 4.47 Å². The van der Waals surface area contributed by atoms with Crippen LogP contribution in [0.25, 0.3) is 0 Å². The number of hydrogen-bond acceptors (Lipinski definition) is 4. The summed E-state index contributed by atoms with van der Waals surface area (Å²) in [5.41, 5.74) is 1.22. The van der Waals surface area contributed by atoms with Crippen LogP contribution < -0.4 is 10.1 Å². The van der Waals surface area contributed by atoms with Crippen LogP contribution in [-0.2, 0) is 20.2 Å². The summed E-state index contributed by atoms with van der Waals surface area (Å²) in [4.78, 5) is 4.13. The summed E-state index contributed by atoms with van der Waals surface area (Å²) in [5, 5.41) is 7.40. The van der Waals surface area contributed by atoms with Crippen LogP contribution in [0.4, 0.5) is 0 Å². The molecule has 0 bridgehead atoms. The van der Waals surface area contributed by atoms with Crippen molar-refractivity contribution in [1.29, 1.82) is 0 Å². The average Bonchev–Trinajstić information content (AvgIpc) is 2.81. The molecule has 1 aromatic heterocycles. The molecular weight excluding hydrogens is 320 g/mol. The molecule has 0 unspecified atom stereocenters. The summed E-state index contributed by atoms with van der Waals surface area (Å²) >= 11 is 3.54. The van der Waals surface area contributed by atoms with E-state index in [4.69, 9.17) is 4.74 Å². The van der Waals surface area contributed by atoms with Crippen molar-refractivity contribution in [3.8, 4) is 5.75 Å². The van der Waals surface area contributed by atoms with Crippen LogP contribution in [0.15, 0.2) is 29.0 Å². The molecule has 0 radical (unpaired) electrons. The fourth-order valence-electron chi connectivity index (χ4n) is 1.69. The predicted molar refractivity (Wildman–Crippen MR) is 81.5 cm³/mol. The number of aromatic nitrogens is 3. The van der Waals surface area contributed by atoms with E-state index >= 15 is 0 Å². The molecule has 0 saturated heterocycles. The van der Waals surface area contributed by atoms with Crippen molar-refractivity contribution in [2.45, 2.75) is 33.0 Å². The predicted octanol–water partition coefficient (Wildman–Crippen LogP) is 2.65. The Labute approximate surface area is 127 Å². The first-order valence-corrected chi connectivity index (χ1v) is 7.33. The SMILES string of the molecule is CC(C)NCc1ccc(OCc2ncnn2C)c(Br)c1. The van der Waals surface area contributed by atoms with Crippen LogP contribution in [0, 0.1) is 0 Å². The molecule has 0 aliphatic heterocycles. The van der Waals surface area contributed by atoms with Gasteiger partial charge in [-0.15, -0.1) is 0 Å². The molecule has 0 atom stereocenters. The molecule has 0 amide bonds. The molecule has 0 aliphatic carbocycles. The average molecular weight is 339 g/mol. The highest BCUT2D eigenvalue weighted by molar-refractivity contribution is 9.10. The minimum Gasteiger partial charge on any atom is -0.484 e. The van der Waals surface area contributed by atoms with Crippen molar-refractivity contribution in [1.82, 2.24) is 20.1 Å². The summed E-state index contributed by atoms with van der Waals surface area (Å²) in [7, 11) is 1.85. The molecule has 1 N–H and O–H groups in total. The minimum atomic E-state index is 0.401. The molecule has 0 saturated carbocycles. The molecule has 0 spiro atoms. The molecule has 1 heterocycles. The van der Waals surface area contributed by atoms with Gasteiger partial charge < -0.3 is 10.1 Å². The standard InChI is InChI=1S/C14H19BrN4O/c1-10(2)16-7-11-4-5-13(12(15)6-11)20-8-14-17-9-18-19(14)3/h4-6,9-10,16H,7-8H2,1-3H3. The van der Waals surface area contributed by atoms with Crippen molar-refractivity contribution in [2.75, 3.05) is 0 Å². The van der Waals surface area contributed by atoms with E-state index in [1.165, 1.54) is 11.9 Å². The van der Waals surface area contributed by atoms with Gasteiger partial charge in [0.15, 0.2) is 5.82 Å². The number of benzene rings is 1. The number of nitrogens with one attached hydrogen (secondary N) is 1. The zero-order chi connectivity index (χ0) is 14.5. The van der Waals surface area contributed by atoms with Crippen molar-refractivity contribution >= 4 is 15.9 Å². The zero-order valence-corrected chi connectivity index (χ0v) is 13.5. The maximum Gasteiger partial charge on any atom is 0.164 e. The first kappa shape index (κ1) is 15.0. The van der Waals surface area contributed by atoms with Gasteiger partial charge >= 0.3 is 0 Å². The van der Waals surface area contributed by atoms with E-state index in [1.54, 1.807) is 4.68 Å². The summed E-state index contributed by atoms with van der Waals surface area (Å²) in [6, 6.07) is 6.58. The summed E-state index contributed by atoms with van der Waals surface area (Å²) < 4.78 is 8.40. The number of halogens is 1. The van der Waals surface area contributed by atoms with Crippen molar-refractivity contribution in [2.24, 2.45) is 7.05 Å².